The minimum atomic E-state index is -0.165. The second-order valence-electron chi connectivity index (χ2n) is 8.71. The highest BCUT2D eigenvalue weighted by atomic mass is 16.2. The van der Waals surface area contributed by atoms with Gasteiger partial charge in [0, 0.05) is 32.7 Å². The van der Waals surface area contributed by atoms with Crippen molar-refractivity contribution < 1.29 is 9.59 Å². The maximum Gasteiger partial charge on any atom is 0.234 e. The molecule has 1 aromatic rings. The third kappa shape index (κ3) is 5.33. The number of carbonyl (C=O) groups is 2. The topological polar surface area (TPSA) is 43.9 Å². The number of likely N-dealkylation sites (tertiary alicyclic amines) is 1. The summed E-state index contributed by atoms with van der Waals surface area (Å²) in [6.07, 6.45) is 7.90. The zero-order chi connectivity index (χ0) is 21.6. The van der Waals surface area contributed by atoms with Gasteiger partial charge in [0.2, 0.25) is 11.8 Å². The quantitative estimate of drug-likeness (QED) is 0.420. The number of hydrogen-bond donors (Lipinski definition) is 0. The van der Waals surface area contributed by atoms with Crippen molar-refractivity contribution in [1.29, 1.82) is 0 Å². The fourth-order valence-electron chi connectivity index (χ4n) is 4.60. The molecule has 31 heavy (non-hydrogen) atoms. The fraction of sp³-hybridized carbons (Fsp3) is 0.462. The molecule has 5 heteroatoms. The molecule has 2 amide bonds. The van der Waals surface area contributed by atoms with Crippen molar-refractivity contribution in [2.75, 3.05) is 45.8 Å². The third-order valence-electron chi connectivity index (χ3n) is 6.52. The molecule has 1 aromatic carbocycles. The highest BCUT2D eigenvalue weighted by molar-refractivity contribution is 6.05. The van der Waals surface area contributed by atoms with Gasteiger partial charge < -0.3 is 0 Å². The van der Waals surface area contributed by atoms with Crippen LogP contribution in [0.2, 0.25) is 0 Å². The standard InChI is InChI=1S/C26H31N3O2/c1-21-11-12-23-24(20-21)26(31)29(25(23)30)15-6-5-13-27-16-18-28(19-17-27)14-7-10-22-8-3-2-4-9-22/h2-4,7-11,23-24H,12-20H2,1H3. The van der Waals surface area contributed by atoms with Gasteiger partial charge in [-0.2, -0.15) is 0 Å². The van der Waals surface area contributed by atoms with E-state index in [1.54, 1.807) is 0 Å². The highest BCUT2D eigenvalue weighted by Gasteiger charge is 2.47. The Balaban J connectivity index is 1.18. The molecule has 4 rings (SSSR count). The number of piperazine rings is 1. The van der Waals surface area contributed by atoms with Crippen molar-refractivity contribution in [3.05, 3.63) is 53.6 Å². The maximum atomic E-state index is 12.6. The van der Waals surface area contributed by atoms with Crippen molar-refractivity contribution in [3.63, 3.8) is 0 Å². The van der Waals surface area contributed by atoms with Gasteiger partial charge in [-0.15, -0.1) is 0 Å². The van der Waals surface area contributed by atoms with Crippen LogP contribution in [0.15, 0.2) is 48.1 Å². The van der Waals surface area contributed by atoms with E-state index in [2.05, 4.69) is 64.1 Å². The minimum Gasteiger partial charge on any atom is -0.297 e. The lowest BCUT2D eigenvalue weighted by Gasteiger charge is -2.32. The number of rotatable bonds is 5. The average Bonchev–Trinajstić information content (AvgIpc) is 3.02. The summed E-state index contributed by atoms with van der Waals surface area (Å²) >= 11 is 0. The van der Waals surface area contributed by atoms with Gasteiger partial charge in [-0.25, -0.2) is 0 Å². The number of allylic oxidation sites excluding steroid dienone is 2. The summed E-state index contributed by atoms with van der Waals surface area (Å²) in [7, 11) is 0. The maximum absolute atomic E-state index is 12.6. The summed E-state index contributed by atoms with van der Waals surface area (Å²) in [6.45, 7) is 7.96. The summed E-state index contributed by atoms with van der Waals surface area (Å²) in [5.41, 5.74) is 2.45. The van der Waals surface area contributed by atoms with Crippen LogP contribution in [0.1, 0.15) is 25.3 Å². The van der Waals surface area contributed by atoms with Gasteiger partial charge in [-0.05, 0) is 25.3 Å². The van der Waals surface area contributed by atoms with Crippen LogP contribution in [0, 0.1) is 23.7 Å². The largest absolute Gasteiger partial charge is 0.297 e. The number of hydrogen-bond acceptors (Lipinski definition) is 4. The molecule has 2 unspecified atom stereocenters. The molecule has 2 fully saturated rings. The molecule has 2 heterocycles. The first-order chi connectivity index (χ1) is 15.1. The first-order valence-corrected chi connectivity index (χ1v) is 11.2. The smallest absolute Gasteiger partial charge is 0.234 e. The second kappa shape index (κ2) is 10.1. The highest BCUT2D eigenvalue weighted by Crippen LogP contribution is 2.37. The third-order valence-corrected chi connectivity index (χ3v) is 6.52. The number of nitrogens with zero attached hydrogens (tertiary/aromatic N) is 3. The Morgan fingerprint density at radius 3 is 2.39 bits per heavy atom. The summed E-state index contributed by atoms with van der Waals surface area (Å²) in [5, 5.41) is 0. The van der Waals surface area contributed by atoms with Gasteiger partial charge in [0.05, 0.1) is 24.9 Å². The van der Waals surface area contributed by atoms with Crippen LogP contribution in [0.5, 0.6) is 0 Å². The zero-order valence-corrected chi connectivity index (χ0v) is 18.3. The van der Waals surface area contributed by atoms with E-state index in [9.17, 15) is 9.59 Å². The van der Waals surface area contributed by atoms with E-state index in [1.165, 1.54) is 16.0 Å². The SMILES string of the molecule is CC1=CCC2C(=O)N(CC#CCN3CCN(CC=Cc4ccccc4)CC3)C(=O)C2C1. The molecule has 0 saturated carbocycles. The Hall–Kier alpha value is -2.68. The average molecular weight is 418 g/mol. The second-order valence-corrected chi connectivity index (χ2v) is 8.71. The van der Waals surface area contributed by atoms with Gasteiger partial charge in [-0.1, -0.05) is 66.0 Å². The molecule has 0 spiro atoms. The molecule has 0 bridgehead atoms. The van der Waals surface area contributed by atoms with Crippen molar-refractivity contribution in [3.8, 4) is 11.8 Å². The lowest BCUT2D eigenvalue weighted by atomic mass is 9.82. The Morgan fingerprint density at radius 1 is 0.935 bits per heavy atom. The number of fused-ring (bicyclic) bond motifs is 1. The normalized spacial score (nSPS) is 24.8. The van der Waals surface area contributed by atoms with E-state index < -0.39 is 0 Å². The molecule has 2 atom stereocenters. The molecule has 0 N–H and O–H groups in total. The van der Waals surface area contributed by atoms with Crippen molar-refractivity contribution in [2.24, 2.45) is 11.8 Å². The summed E-state index contributed by atoms with van der Waals surface area (Å²) < 4.78 is 0. The number of amides is 2. The van der Waals surface area contributed by atoms with Crippen LogP contribution in [0.3, 0.4) is 0 Å². The zero-order valence-electron chi connectivity index (χ0n) is 18.3. The van der Waals surface area contributed by atoms with E-state index in [-0.39, 0.29) is 30.2 Å². The lowest BCUT2D eigenvalue weighted by molar-refractivity contribution is -0.139. The summed E-state index contributed by atoms with van der Waals surface area (Å²) in [4.78, 5) is 31.3. The first-order valence-electron chi connectivity index (χ1n) is 11.2. The van der Waals surface area contributed by atoms with E-state index in [4.69, 9.17) is 0 Å². The van der Waals surface area contributed by atoms with E-state index in [0.29, 0.717) is 19.4 Å². The molecular formula is C26H31N3O2. The van der Waals surface area contributed by atoms with Crippen LogP contribution in [0.25, 0.3) is 6.08 Å². The molecule has 162 valence electrons. The van der Waals surface area contributed by atoms with E-state index >= 15 is 0 Å². The van der Waals surface area contributed by atoms with Gasteiger partial charge in [-0.3, -0.25) is 24.3 Å². The van der Waals surface area contributed by atoms with Gasteiger partial charge in [0.15, 0.2) is 0 Å². The molecule has 1 aliphatic carbocycles. The van der Waals surface area contributed by atoms with Crippen molar-refractivity contribution in [2.45, 2.75) is 19.8 Å². The summed E-state index contributed by atoms with van der Waals surface area (Å²) in [6, 6.07) is 10.4. The molecule has 0 aromatic heterocycles. The predicted octanol–water partition coefficient (Wildman–Crippen LogP) is 2.66. The van der Waals surface area contributed by atoms with Crippen LogP contribution in [-0.2, 0) is 9.59 Å². The first kappa shape index (κ1) is 21.5. The number of imide groups is 1. The van der Waals surface area contributed by atoms with E-state index in [0.717, 1.165) is 32.7 Å². The predicted molar refractivity (Wildman–Crippen MR) is 123 cm³/mol. The van der Waals surface area contributed by atoms with Gasteiger partial charge in [0.25, 0.3) is 0 Å². The van der Waals surface area contributed by atoms with Crippen LogP contribution >= 0.6 is 0 Å². The molecule has 3 aliphatic rings. The number of carbonyl (C=O) groups excluding carboxylic acids is 2. The van der Waals surface area contributed by atoms with Crippen LogP contribution in [0.4, 0.5) is 0 Å². The van der Waals surface area contributed by atoms with Crippen molar-refractivity contribution >= 4 is 17.9 Å². The van der Waals surface area contributed by atoms with Crippen LogP contribution < -0.4 is 0 Å². The Morgan fingerprint density at radius 2 is 1.61 bits per heavy atom. The Labute approximate surface area is 185 Å². The number of benzene rings is 1. The van der Waals surface area contributed by atoms with Gasteiger partial charge in [0.1, 0.15) is 0 Å². The molecule has 2 aliphatic heterocycles. The molecule has 5 nitrogen and oxygen atoms in total. The molecular weight excluding hydrogens is 386 g/mol. The Bertz CT molecular complexity index is 917. The monoisotopic (exact) mass is 417 g/mol. The van der Waals surface area contributed by atoms with E-state index in [1.807, 2.05) is 13.0 Å². The van der Waals surface area contributed by atoms with Gasteiger partial charge >= 0.3 is 0 Å². The minimum absolute atomic E-state index is 0.0334. The van der Waals surface area contributed by atoms with Crippen molar-refractivity contribution in [1.82, 2.24) is 14.7 Å². The lowest BCUT2D eigenvalue weighted by Crippen LogP contribution is -2.46. The van der Waals surface area contributed by atoms with Crippen LogP contribution in [-0.4, -0.2) is 72.3 Å². The molecule has 0 radical (unpaired) electrons. The molecule has 2 saturated heterocycles. The fourth-order valence-corrected chi connectivity index (χ4v) is 4.60. The Kier molecular flexibility index (Phi) is 7.01. The summed E-state index contributed by atoms with van der Waals surface area (Å²) in [5.74, 6) is 5.85.